The molecular formula is C12H16N2O2. The van der Waals surface area contributed by atoms with Crippen molar-refractivity contribution in [2.75, 3.05) is 13.2 Å². The van der Waals surface area contributed by atoms with Gasteiger partial charge in [-0.2, -0.15) is 0 Å². The van der Waals surface area contributed by atoms with Crippen LogP contribution in [0.5, 0.6) is 0 Å². The van der Waals surface area contributed by atoms with E-state index < -0.39 is 0 Å². The highest BCUT2D eigenvalue weighted by atomic mass is 16.5. The molecule has 0 radical (unpaired) electrons. The van der Waals surface area contributed by atoms with Crippen molar-refractivity contribution in [3.63, 3.8) is 0 Å². The van der Waals surface area contributed by atoms with Gasteiger partial charge in [-0.25, -0.2) is 9.97 Å². The molecule has 0 aliphatic heterocycles. The van der Waals surface area contributed by atoms with Crippen molar-refractivity contribution >= 4 is 5.78 Å². The summed E-state index contributed by atoms with van der Waals surface area (Å²) in [6, 6.07) is 0. The quantitative estimate of drug-likeness (QED) is 0.723. The predicted molar refractivity (Wildman–Crippen MR) is 59.5 cm³/mol. The summed E-state index contributed by atoms with van der Waals surface area (Å²) in [7, 11) is 0. The van der Waals surface area contributed by atoms with Gasteiger partial charge >= 0.3 is 0 Å². The smallest absolute Gasteiger partial charge is 0.166 e. The Hall–Kier alpha value is -1.29. The fraction of sp³-hybridized carbons (Fsp3) is 0.583. The molecule has 4 nitrogen and oxygen atoms in total. The molecule has 1 aromatic rings. The zero-order valence-electron chi connectivity index (χ0n) is 9.53. The highest BCUT2D eigenvalue weighted by Crippen LogP contribution is 2.18. The van der Waals surface area contributed by atoms with E-state index in [0.29, 0.717) is 25.2 Å². The molecule has 16 heavy (non-hydrogen) atoms. The van der Waals surface area contributed by atoms with Gasteiger partial charge in [0, 0.05) is 25.6 Å². The van der Waals surface area contributed by atoms with Gasteiger partial charge in [0.2, 0.25) is 0 Å². The first-order chi connectivity index (χ1) is 7.81. The lowest BCUT2D eigenvalue weighted by Crippen LogP contribution is -2.15. The van der Waals surface area contributed by atoms with E-state index in [-0.39, 0.29) is 5.78 Å². The largest absolute Gasteiger partial charge is 0.381 e. The number of ketones is 1. The summed E-state index contributed by atoms with van der Waals surface area (Å²) in [5.74, 6) is 0.958. The molecule has 1 heterocycles. The number of nitrogens with zero attached hydrogens (tertiary/aromatic N) is 2. The molecular weight excluding hydrogens is 204 g/mol. The number of aromatic nitrogens is 2. The van der Waals surface area contributed by atoms with Crippen LogP contribution in [0.15, 0.2) is 6.20 Å². The number of aryl methyl sites for hydroxylation is 1. The molecule has 1 aromatic heterocycles. The van der Waals surface area contributed by atoms with Gasteiger partial charge in [0.1, 0.15) is 5.82 Å². The molecule has 0 spiro atoms. The second kappa shape index (κ2) is 5.16. The molecule has 0 atom stereocenters. The van der Waals surface area contributed by atoms with Gasteiger partial charge in [0.25, 0.3) is 0 Å². The van der Waals surface area contributed by atoms with Crippen molar-refractivity contribution in [3.8, 4) is 0 Å². The molecule has 0 fully saturated rings. The van der Waals surface area contributed by atoms with Gasteiger partial charge < -0.3 is 4.74 Å². The van der Waals surface area contributed by atoms with Gasteiger partial charge in [-0.1, -0.05) is 0 Å². The molecule has 0 N–H and O–H groups in total. The summed E-state index contributed by atoms with van der Waals surface area (Å²) >= 11 is 0. The van der Waals surface area contributed by atoms with E-state index in [1.165, 1.54) is 0 Å². The van der Waals surface area contributed by atoms with Crippen LogP contribution in [0, 0.1) is 0 Å². The van der Waals surface area contributed by atoms with Gasteiger partial charge in [-0.05, 0) is 19.8 Å². The van der Waals surface area contributed by atoms with E-state index in [1.54, 1.807) is 6.20 Å². The topological polar surface area (TPSA) is 52.1 Å². The molecule has 0 saturated carbocycles. The SMILES string of the molecule is CCOCCc1ncc2c(n1)CCCC2=O. The van der Waals surface area contributed by atoms with Crippen LogP contribution in [-0.2, 0) is 17.6 Å². The Balaban J connectivity index is 2.09. The fourth-order valence-corrected chi connectivity index (χ4v) is 1.86. The summed E-state index contributed by atoms with van der Waals surface area (Å²) in [4.78, 5) is 20.2. The lowest BCUT2D eigenvalue weighted by atomic mass is 9.96. The number of rotatable bonds is 4. The summed E-state index contributed by atoms with van der Waals surface area (Å²) in [5, 5.41) is 0. The van der Waals surface area contributed by atoms with Gasteiger partial charge in [0.05, 0.1) is 17.9 Å². The molecule has 0 aromatic carbocycles. The number of carbonyl (C=O) groups excluding carboxylic acids is 1. The minimum Gasteiger partial charge on any atom is -0.381 e. The number of carbonyl (C=O) groups is 1. The summed E-state index contributed by atoms with van der Waals surface area (Å²) < 4.78 is 5.26. The molecule has 1 aliphatic rings. The van der Waals surface area contributed by atoms with Crippen molar-refractivity contribution in [2.24, 2.45) is 0 Å². The molecule has 0 saturated heterocycles. The summed E-state index contributed by atoms with van der Waals surface area (Å²) in [5.41, 5.74) is 1.63. The molecule has 1 aliphatic carbocycles. The number of Topliss-reactive ketones (excluding diaryl/α,β-unsaturated/α-hetero) is 1. The first-order valence-electron chi connectivity index (χ1n) is 5.77. The lowest BCUT2D eigenvalue weighted by molar-refractivity contribution is 0.0971. The average Bonchev–Trinajstić information content (AvgIpc) is 2.30. The van der Waals surface area contributed by atoms with Crippen LogP contribution in [0.25, 0.3) is 0 Å². The third kappa shape index (κ3) is 2.44. The van der Waals surface area contributed by atoms with Gasteiger partial charge in [-0.3, -0.25) is 4.79 Å². The van der Waals surface area contributed by atoms with E-state index in [9.17, 15) is 4.79 Å². The highest BCUT2D eigenvalue weighted by molar-refractivity contribution is 5.97. The van der Waals surface area contributed by atoms with Crippen LogP contribution >= 0.6 is 0 Å². The first-order valence-corrected chi connectivity index (χ1v) is 5.77. The van der Waals surface area contributed by atoms with Gasteiger partial charge in [0.15, 0.2) is 5.78 Å². The fourth-order valence-electron chi connectivity index (χ4n) is 1.86. The monoisotopic (exact) mass is 220 g/mol. The van der Waals surface area contributed by atoms with E-state index >= 15 is 0 Å². The van der Waals surface area contributed by atoms with Crippen molar-refractivity contribution in [2.45, 2.75) is 32.6 Å². The molecule has 2 rings (SSSR count). The Bertz CT molecular complexity index is 391. The predicted octanol–water partition coefficient (Wildman–Crippen LogP) is 1.57. The minimum atomic E-state index is 0.178. The van der Waals surface area contributed by atoms with Crippen LogP contribution in [-0.4, -0.2) is 29.0 Å². The third-order valence-corrected chi connectivity index (χ3v) is 2.71. The second-order valence-electron chi connectivity index (χ2n) is 3.87. The lowest BCUT2D eigenvalue weighted by Gasteiger charge is -2.13. The van der Waals surface area contributed by atoms with Crippen LogP contribution < -0.4 is 0 Å². The molecule has 0 unspecified atom stereocenters. The third-order valence-electron chi connectivity index (χ3n) is 2.71. The number of fused-ring (bicyclic) bond motifs is 1. The highest BCUT2D eigenvalue weighted by Gasteiger charge is 2.18. The van der Waals surface area contributed by atoms with Crippen molar-refractivity contribution in [3.05, 3.63) is 23.3 Å². The number of ether oxygens (including phenoxy) is 1. The molecule has 86 valence electrons. The zero-order valence-corrected chi connectivity index (χ0v) is 9.53. The second-order valence-corrected chi connectivity index (χ2v) is 3.87. The number of hydrogen-bond donors (Lipinski definition) is 0. The van der Waals surface area contributed by atoms with Crippen LogP contribution in [0.1, 0.15) is 41.6 Å². The van der Waals surface area contributed by atoms with Crippen LogP contribution in [0.3, 0.4) is 0 Å². The van der Waals surface area contributed by atoms with E-state index in [0.717, 1.165) is 30.8 Å². The summed E-state index contributed by atoms with van der Waals surface area (Å²) in [6.45, 7) is 3.32. The van der Waals surface area contributed by atoms with Crippen LogP contribution in [0.4, 0.5) is 0 Å². The Labute approximate surface area is 95.1 Å². The maximum atomic E-state index is 11.6. The Morgan fingerprint density at radius 1 is 1.44 bits per heavy atom. The Morgan fingerprint density at radius 2 is 2.31 bits per heavy atom. The van der Waals surface area contributed by atoms with Crippen LogP contribution in [0.2, 0.25) is 0 Å². The minimum absolute atomic E-state index is 0.178. The Kier molecular flexibility index (Phi) is 3.62. The normalized spacial score (nSPS) is 14.9. The summed E-state index contributed by atoms with van der Waals surface area (Å²) in [6.07, 6.45) is 4.83. The molecule has 4 heteroatoms. The first kappa shape index (κ1) is 11.2. The zero-order chi connectivity index (χ0) is 11.4. The maximum Gasteiger partial charge on any atom is 0.166 e. The maximum absolute atomic E-state index is 11.6. The van der Waals surface area contributed by atoms with E-state index in [4.69, 9.17) is 4.74 Å². The van der Waals surface area contributed by atoms with E-state index in [1.807, 2.05) is 6.92 Å². The standard InChI is InChI=1S/C12H16N2O2/c1-2-16-7-6-12-13-8-9-10(14-12)4-3-5-11(9)15/h8H,2-7H2,1H3. The Morgan fingerprint density at radius 3 is 3.12 bits per heavy atom. The van der Waals surface area contributed by atoms with Crippen molar-refractivity contribution in [1.82, 2.24) is 9.97 Å². The number of hydrogen-bond acceptors (Lipinski definition) is 4. The molecule has 0 bridgehead atoms. The van der Waals surface area contributed by atoms with Crippen molar-refractivity contribution < 1.29 is 9.53 Å². The average molecular weight is 220 g/mol. The van der Waals surface area contributed by atoms with Crippen molar-refractivity contribution in [1.29, 1.82) is 0 Å². The van der Waals surface area contributed by atoms with Gasteiger partial charge in [-0.15, -0.1) is 0 Å². The van der Waals surface area contributed by atoms with E-state index in [2.05, 4.69) is 9.97 Å². The molecule has 0 amide bonds.